The smallest absolute Gasteiger partial charge is 0.416 e. The molecule has 1 aliphatic heterocycles. The summed E-state index contributed by atoms with van der Waals surface area (Å²) in [6, 6.07) is 5.66. The van der Waals surface area contributed by atoms with E-state index in [2.05, 4.69) is 15.6 Å². The van der Waals surface area contributed by atoms with Crippen molar-refractivity contribution in [1.29, 1.82) is 0 Å². The number of halogens is 3. The number of alkyl halides is 3. The number of hydrogen-bond donors (Lipinski definition) is 2. The summed E-state index contributed by atoms with van der Waals surface area (Å²) < 4.78 is 50.6. The molecule has 0 aliphatic carbocycles. The van der Waals surface area contributed by atoms with E-state index in [1.54, 1.807) is 0 Å². The van der Waals surface area contributed by atoms with E-state index in [4.69, 9.17) is 9.47 Å². The quantitative estimate of drug-likeness (QED) is 0.677. The van der Waals surface area contributed by atoms with Crippen LogP contribution in [0.1, 0.15) is 17.2 Å². The molecule has 1 aromatic carbocycles. The third-order valence-corrected chi connectivity index (χ3v) is 4.56. The standard InChI is InChI=1S/C20H21F3N4O4/c1-30-10-11-31-16-7-6-13(12-25-16)26-19(29)27-9-8-24-18(28)17(27)14-4-2-3-5-15(14)20(21,22)23/h2-7,12,17H,8-11H2,1H3,(H,24,28)(H,26,29)/t17-/m0/s1. The number of aromatic nitrogens is 1. The summed E-state index contributed by atoms with van der Waals surface area (Å²) in [5, 5.41) is 5.09. The van der Waals surface area contributed by atoms with Gasteiger partial charge in [0.15, 0.2) is 0 Å². The van der Waals surface area contributed by atoms with Gasteiger partial charge in [-0.3, -0.25) is 4.79 Å². The van der Waals surface area contributed by atoms with Gasteiger partial charge in [-0.2, -0.15) is 13.2 Å². The number of nitrogens with zero attached hydrogens (tertiary/aromatic N) is 2. The Morgan fingerprint density at radius 2 is 2.03 bits per heavy atom. The molecule has 11 heteroatoms. The van der Waals surface area contributed by atoms with Gasteiger partial charge in [-0.15, -0.1) is 0 Å². The lowest BCUT2D eigenvalue weighted by Crippen LogP contribution is -2.53. The summed E-state index contributed by atoms with van der Waals surface area (Å²) in [6.45, 7) is 0.859. The van der Waals surface area contributed by atoms with Gasteiger partial charge in [0.05, 0.1) is 24.1 Å². The molecule has 0 radical (unpaired) electrons. The minimum atomic E-state index is -4.67. The number of nitrogens with one attached hydrogen (secondary N) is 2. The van der Waals surface area contributed by atoms with Crippen LogP contribution in [0.5, 0.6) is 5.88 Å². The minimum Gasteiger partial charge on any atom is -0.475 e. The lowest BCUT2D eigenvalue weighted by molar-refractivity contribution is -0.139. The first kappa shape index (κ1) is 22.3. The maximum atomic E-state index is 13.5. The highest BCUT2D eigenvalue weighted by Crippen LogP contribution is 2.37. The van der Waals surface area contributed by atoms with Crippen LogP contribution in [0.25, 0.3) is 0 Å². The second kappa shape index (κ2) is 9.65. The van der Waals surface area contributed by atoms with Crippen LogP contribution >= 0.6 is 0 Å². The molecule has 8 nitrogen and oxygen atoms in total. The number of piperazine rings is 1. The van der Waals surface area contributed by atoms with Crippen LogP contribution in [-0.2, 0) is 15.7 Å². The van der Waals surface area contributed by atoms with Crippen molar-refractivity contribution in [2.75, 3.05) is 38.7 Å². The Hall–Kier alpha value is -3.34. The van der Waals surface area contributed by atoms with Gasteiger partial charge in [-0.1, -0.05) is 18.2 Å². The molecule has 1 aliphatic rings. The van der Waals surface area contributed by atoms with Crippen LogP contribution < -0.4 is 15.4 Å². The molecule has 1 saturated heterocycles. The maximum absolute atomic E-state index is 13.5. The van der Waals surface area contributed by atoms with Gasteiger partial charge in [0.1, 0.15) is 12.6 Å². The van der Waals surface area contributed by atoms with Gasteiger partial charge in [-0.05, 0) is 17.7 Å². The molecule has 0 bridgehead atoms. The summed E-state index contributed by atoms with van der Waals surface area (Å²) in [6.07, 6.45) is -3.32. The zero-order valence-electron chi connectivity index (χ0n) is 16.6. The highest BCUT2D eigenvalue weighted by molar-refractivity contribution is 5.95. The molecular weight excluding hydrogens is 417 g/mol. The summed E-state index contributed by atoms with van der Waals surface area (Å²) in [4.78, 5) is 30.4. The second-order valence-corrected chi connectivity index (χ2v) is 6.63. The number of anilines is 1. The molecular formula is C20H21F3N4O4. The van der Waals surface area contributed by atoms with Crippen LogP contribution in [-0.4, -0.2) is 55.2 Å². The molecule has 0 unspecified atom stereocenters. The molecule has 1 fully saturated rings. The van der Waals surface area contributed by atoms with E-state index in [-0.39, 0.29) is 18.7 Å². The Bertz CT molecular complexity index is 921. The van der Waals surface area contributed by atoms with Crippen molar-refractivity contribution >= 4 is 17.6 Å². The predicted molar refractivity (Wildman–Crippen MR) is 105 cm³/mol. The Kier molecular flexibility index (Phi) is 6.95. The van der Waals surface area contributed by atoms with Gasteiger partial charge >= 0.3 is 12.2 Å². The minimum absolute atomic E-state index is 0.0417. The number of carbonyl (C=O) groups is 2. The summed E-state index contributed by atoms with van der Waals surface area (Å²) in [7, 11) is 1.54. The van der Waals surface area contributed by atoms with Crippen molar-refractivity contribution in [3.05, 3.63) is 53.7 Å². The Balaban J connectivity index is 1.79. The Morgan fingerprint density at radius 3 is 2.71 bits per heavy atom. The summed E-state index contributed by atoms with van der Waals surface area (Å²) in [5.41, 5.74) is -0.950. The monoisotopic (exact) mass is 438 g/mol. The highest BCUT2D eigenvalue weighted by Gasteiger charge is 2.41. The third kappa shape index (κ3) is 5.43. The molecule has 0 spiro atoms. The number of pyridine rings is 1. The number of rotatable bonds is 6. The normalized spacial score (nSPS) is 16.6. The van der Waals surface area contributed by atoms with Crippen molar-refractivity contribution in [3.8, 4) is 5.88 Å². The fourth-order valence-corrected chi connectivity index (χ4v) is 3.15. The molecule has 2 heterocycles. The first-order valence-corrected chi connectivity index (χ1v) is 9.40. The van der Waals surface area contributed by atoms with Gasteiger partial charge in [0.25, 0.3) is 0 Å². The van der Waals surface area contributed by atoms with E-state index in [1.807, 2.05) is 0 Å². The molecule has 3 rings (SSSR count). The van der Waals surface area contributed by atoms with E-state index < -0.39 is 29.7 Å². The summed E-state index contributed by atoms with van der Waals surface area (Å²) >= 11 is 0. The van der Waals surface area contributed by atoms with Crippen molar-refractivity contribution in [2.24, 2.45) is 0 Å². The van der Waals surface area contributed by atoms with Gasteiger partial charge in [0.2, 0.25) is 11.8 Å². The lowest BCUT2D eigenvalue weighted by Gasteiger charge is -2.36. The zero-order chi connectivity index (χ0) is 22.4. The van der Waals surface area contributed by atoms with Crippen LogP contribution in [0.2, 0.25) is 0 Å². The van der Waals surface area contributed by atoms with Gasteiger partial charge in [0, 0.05) is 26.3 Å². The van der Waals surface area contributed by atoms with E-state index in [0.717, 1.165) is 11.0 Å². The zero-order valence-corrected chi connectivity index (χ0v) is 16.6. The maximum Gasteiger partial charge on any atom is 0.416 e. The fraction of sp³-hybridized carbons (Fsp3) is 0.350. The number of urea groups is 1. The number of ether oxygens (including phenoxy) is 2. The van der Waals surface area contributed by atoms with Crippen LogP contribution in [0.4, 0.5) is 23.7 Å². The summed E-state index contributed by atoms with van der Waals surface area (Å²) in [5.74, 6) is -0.359. The van der Waals surface area contributed by atoms with Crippen LogP contribution in [0, 0.1) is 0 Å². The van der Waals surface area contributed by atoms with Crippen LogP contribution in [0.15, 0.2) is 42.6 Å². The van der Waals surface area contributed by atoms with Gasteiger partial charge < -0.3 is 25.0 Å². The molecule has 1 atom stereocenters. The predicted octanol–water partition coefficient (Wildman–Crippen LogP) is 2.83. The third-order valence-electron chi connectivity index (χ3n) is 4.56. The molecule has 166 valence electrons. The average molecular weight is 438 g/mol. The van der Waals surface area contributed by atoms with Crippen molar-refractivity contribution in [1.82, 2.24) is 15.2 Å². The Morgan fingerprint density at radius 1 is 1.26 bits per heavy atom. The van der Waals surface area contributed by atoms with Crippen molar-refractivity contribution < 1.29 is 32.2 Å². The number of amides is 3. The first-order valence-electron chi connectivity index (χ1n) is 9.40. The SMILES string of the molecule is COCCOc1ccc(NC(=O)N2CCNC(=O)[C@@H]2c2ccccc2C(F)(F)F)cn1. The fourth-order valence-electron chi connectivity index (χ4n) is 3.15. The molecule has 3 amide bonds. The topological polar surface area (TPSA) is 92.8 Å². The highest BCUT2D eigenvalue weighted by atomic mass is 19.4. The average Bonchev–Trinajstić information content (AvgIpc) is 2.74. The molecule has 2 N–H and O–H groups in total. The second-order valence-electron chi connectivity index (χ2n) is 6.63. The number of hydrogen-bond acceptors (Lipinski definition) is 5. The first-order chi connectivity index (χ1) is 14.8. The molecule has 0 saturated carbocycles. The van der Waals surface area contributed by atoms with Crippen molar-refractivity contribution in [3.63, 3.8) is 0 Å². The van der Waals surface area contributed by atoms with E-state index in [1.165, 1.54) is 43.6 Å². The van der Waals surface area contributed by atoms with E-state index in [0.29, 0.717) is 24.8 Å². The van der Waals surface area contributed by atoms with Gasteiger partial charge in [-0.25, -0.2) is 9.78 Å². The lowest BCUT2D eigenvalue weighted by atomic mass is 9.96. The number of benzene rings is 1. The molecule has 31 heavy (non-hydrogen) atoms. The van der Waals surface area contributed by atoms with E-state index in [9.17, 15) is 22.8 Å². The van der Waals surface area contributed by atoms with Crippen molar-refractivity contribution in [2.45, 2.75) is 12.2 Å². The number of methoxy groups -OCH3 is 1. The number of carbonyl (C=O) groups excluding carboxylic acids is 2. The largest absolute Gasteiger partial charge is 0.475 e. The Labute approximate surface area is 176 Å². The molecule has 1 aromatic heterocycles. The molecule has 2 aromatic rings. The van der Waals surface area contributed by atoms with E-state index >= 15 is 0 Å². The van der Waals surface area contributed by atoms with Crippen LogP contribution in [0.3, 0.4) is 0 Å².